The molecule has 0 bridgehead atoms. The highest BCUT2D eigenvalue weighted by atomic mass is 32.1. The van der Waals surface area contributed by atoms with E-state index in [1.807, 2.05) is 12.2 Å². The fraction of sp³-hybridized carbons (Fsp3) is 0.318. The summed E-state index contributed by atoms with van der Waals surface area (Å²) in [5, 5.41) is 1.08. The lowest BCUT2D eigenvalue weighted by atomic mass is 10.1. The summed E-state index contributed by atoms with van der Waals surface area (Å²) in [6, 6.07) is 13.1. The van der Waals surface area contributed by atoms with Crippen molar-refractivity contribution in [2.45, 2.75) is 45.5 Å². The van der Waals surface area contributed by atoms with Gasteiger partial charge in [0.05, 0.1) is 16.8 Å². The van der Waals surface area contributed by atoms with E-state index in [1.54, 1.807) is 17.4 Å². The van der Waals surface area contributed by atoms with Crippen molar-refractivity contribution in [2.75, 3.05) is 0 Å². The molecular weight excluding hydrogens is 373 g/mol. The molecule has 0 aliphatic rings. The second-order valence-corrected chi connectivity index (χ2v) is 14.2. The summed E-state index contributed by atoms with van der Waals surface area (Å²) in [6.45, 7) is 11.9. The minimum Gasteiger partial charge on any atom is -0.413 e. The molecule has 1 heterocycles. The van der Waals surface area contributed by atoms with Crippen molar-refractivity contribution in [3.63, 3.8) is 0 Å². The zero-order chi connectivity index (χ0) is 19.7. The van der Waals surface area contributed by atoms with Gasteiger partial charge in [0, 0.05) is 6.07 Å². The van der Waals surface area contributed by atoms with Crippen LogP contribution in [0.5, 0.6) is 0 Å². The Kier molecular flexibility index (Phi) is 5.65. The Hall–Kier alpha value is -1.82. The Morgan fingerprint density at radius 3 is 2.63 bits per heavy atom. The van der Waals surface area contributed by atoms with Gasteiger partial charge < -0.3 is 4.43 Å². The summed E-state index contributed by atoms with van der Waals surface area (Å²) in [4.78, 5) is 4.48. The highest BCUT2D eigenvalue weighted by Gasteiger charge is 2.36. The Balaban J connectivity index is 1.72. The second kappa shape index (κ2) is 7.66. The molecule has 0 aliphatic carbocycles. The van der Waals surface area contributed by atoms with Crippen LogP contribution in [0.15, 0.2) is 42.5 Å². The molecule has 0 saturated carbocycles. The largest absolute Gasteiger partial charge is 0.413 e. The van der Waals surface area contributed by atoms with Crippen LogP contribution in [0.4, 0.5) is 4.39 Å². The van der Waals surface area contributed by atoms with Crippen molar-refractivity contribution in [3.8, 4) is 0 Å². The monoisotopic (exact) mass is 399 g/mol. The molecule has 3 rings (SSSR count). The summed E-state index contributed by atoms with van der Waals surface area (Å²) < 4.78 is 20.6. The van der Waals surface area contributed by atoms with Crippen LogP contribution in [-0.4, -0.2) is 13.3 Å². The first-order valence-corrected chi connectivity index (χ1v) is 12.8. The molecule has 5 heteroatoms. The molecule has 0 radical (unpaired) electrons. The predicted octanol–water partition coefficient (Wildman–Crippen LogP) is 7.13. The number of hydrogen-bond donors (Lipinski definition) is 0. The van der Waals surface area contributed by atoms with Gasteiger partial charge in [-0.05, 0) is 53.5 Å². The van der Waals surface area contributed by atoms with Crippen LogP contribution < -0.4 is 0 Å². The molecule has 0 saturated heterocycles. The van der Waals surface area contributed by atoms with Crippen molar-refractivity contribution < 1.29 is 8.82 Å². The quantitative estimate of drug-likeness (QED) is 0.426. The van der Waals surface area contributed by atoms with Gasteiger partial charge in [0.15, 0.2) is 8.32 Å². The molecule has 0 atom stereocenters. The molecule has 27 heavy (non-hydrogen) atoms. The van der Waals surface area contributed by atoms with Crippen LogP contribution in [0.25, 0.3) is 22.4 Å². The Morgan fingerprint density at radius 2 is 1.89 bits per heavy atom. The zero-order valence-corrected chi connectivity index (χ0v) is 18.4. The van der Waals surface area contributed by atoms with Gasteiger partial charge in [0.1, 0.15) is 10.8 Å². The molecule has 0 N–H and O–H groups in total. The number of thiazole rings is 1. The number of fused-ring (bicyclic) bond motifs is 1. The van der Waals surface area contributed by atoms with E-state index in [4.69, 9.17) is 4.43 Å². The second-order valence-electron chi connectivity index (χ2n) is 8.29. The van der Waals surface area contributed by atoms with Crippen LogP contribution in [0.3, 0.4) is 0 Å². The standard InChI is InChI=1S/C22H26FNOSSi/c1-22(2,3)27(4,5)25-15-17-8-6-7-16(13-17)9-12-21-24-19-14-18(23)10-11-20(19)26-21/h6-14H,15H2,1-5H3/b12-9+. The van der Waals surface area contributed by atoms with Gasteiger partial charge in [-0.1, -0.05) is 45.0 Å². The van der Waals surface area contributed by atoms with Crippen molar-refractivity contribution in [3.05, 3.63) is 64.4 Å². The average molecular weight is 400 g/mol. The number of nitrogens with zero attached hydrogens (tertiary/aromatic N) is 1. The molecule has 142 valence electrons. The van der Waals surface area contributed by atoms with Gasteiger partial charge in [-0.3, -0.25) is 0 Å². The molecule has 0 spiro atoms. The Bertz CT molecular complexity index is 972. The third-order valence-electron chi connectivity index (χ3n) is 5.14. The molecule has 1 aromatic heterocycles. The van der Waals surface area contributed by atoms with Crippen LogP contribution in [0.1, 0.15) is 36.9 Å². The van der Waals surface area contributed by atoms with Gasteiger partial charge >= 0.3 is 0 Å². The lowest BCUT2D eigenvalue weighted by Gasteiger charge is -2.36. The van der Waals surface area contributed by atoms with Crippen LogP contribution >= 0.6 is 11.3 Å². The predicted molar refractivity (Wildman–Crippen MR) is 117 cm³/mol. The molecule has 0 unspecified atom stereocenters. The Morgan fingerprint density at radius 1 is 1.11 bits per heavy atom. The minimum atomic E-state index is -1.76. The first kappa shape index (κ1) is 19.9. The van der Waals surface area contributed by atoms with Gasteiger partial charge in [-0.15, -0.1) is 11.3 Å². The molecule has 2 nitrogen and oxygen atoms in total. The lowest BCUT2D eigenvalue weighted by molar-refractivity contribution is 0.276. The summed E-state index contributed by atoms with van der Waals surface area (Å²) >= 11 is 1.56. The lowest BCUT2D eigenvalue weighted by Crippen LogP contribution is -2.40. The molecule has 2 aromatic carbocycles. The van der Waals surface area contributed by atoms with Crippen LogP contribution in [-0.2, 0) is 11.0 Å². The number of benzene rings is 2. The first-order chi connectivity index (χ1) is 12.6. The number of hydrogen-bond acceptors (Lipinski definition) is 3. The molecular formula is C22H26FNOSSi. The van der Waals surface area contributed by atoms with E-state index in [0.29, 0.717) is 12.1 Å². The van der Waals surface area contributed by atoms with Crippen molar-refractivity contribution in [1.29, 1.82) is 0 Å². The maximum atomic E-state index is 13.3. The van der Waals surface area contributed by atoms with Crippen molar-refractivity contribution >= 4 is 42.0 Å². The highest BCUT2D eigenvalue weighted by molar-refractivity contribution is 7.19. The highest BCUT2D eigenvalue weighted by Crippen LogP contribution is 2.37. The normalized spacial score (nSPS) is 13.0. The van der Waals surface area contributed by atoms with Gasteiger partial charge in [-0.25, -0.2) is 9.37 Å². The summed E-state index contributed by atoms with van der Waals surface area (Å²) in [5.41, 5.74) is 2.99. The van der Waals surface area contributed by atoms with E-state index in [2.05, 4.69) is 63.1 Å². The smallest absolute Gasteiger partial charge is 0.192 e. The zero-order valence-electron chi connectivity index (χ0n) is 16.5. The summed E-state index contributed by atoms with van der Waals surface area (Å²) in [5.74, 6) is -0.252. The van der Waals surface area contributed by atoms with Gasteiger partial charge in [-0.2, -0.15) is 0 Å². The molecule has 0 amide bonds. The van der Waals surface area contributed by atoms with Crippen molar-refractivity contribution in [1.82, 2.24) is 4.98 Å². The maximum Gasteiger partial charge on any atom is 0.192 e. The van der Waals surface area contributed by atoms with Crippen LogP contribution in [0.2, 0.25) is 18.1 Å². The number of rotatable bonds is 5. The van der Waals surface area contributed by atoms with E-state index < -0.39 is 8.32 Å². The fourth-order valence-electron chi connectivity index (χ4n) is 2.42. The molecule has 0 aliphatic heterocycles. The van der Waals surface area contributed by atoms with Crippen LogP contribution in [0, 0.1) is 5.82 Å². The van der Waals surface area contributed by atoms with Gasteiger partial charge in [0.25, 0.3) is 0 Å². The fourth-order valence-corrected chi connectivity index (χ4v) is 4.24. The number of aromatic nitrogens is 1. The van der Waals surface area contributed by atoms with E-state index in [-0.39, 0.29) is 10.9 Å². The van der Waals surface area contributed by atoms with E-state index in [9.17, 15) is 4.39 Å². The van der Waals surface area contributed by atoms with Crippen molar-refractivity contribution in [2.24, 2.45) is 0 Å². The van der Waals surface area contributed by atoms with E-state index in [0.717, 1.165) is 15.3 Å². The summed E-state index contributed by atoms with van der Waals surface area (Å²) in [7, 11) is -1.76. The first-order valence-electron chi connectivity index (χ1n) is 9.11. The van der Waals surface area contributed by atoms with E-state index >= 15 is 0 Å². The van der Waals surface area contributed by atoms with E-state index in [1.165, 1.54) is 17.7 Å². The minimum absolute atomic E-state index is 0.205. The number of halogens is 1. The molecule has 3 aromatic rings. The molecule has 0 fully saturated rings. The maximum absolute atomic E-state index is 13.3. The average Bonchev–Trinajstić information content (AvgIpc) is 2.99. The van der Waals surface area contributed by atoms with Gasteiger partial charge in [0.2, 0.25) is 0 Å². The third-order valence-corrected chi connectivity index (χ3v) is 10.6. The Labute approximate surface area is 165 Å². The SMILES string of the molecule is CC(C)(C)[Si](C)(C)OCc1cccc(/C=C/c2nc3cc(F)ccc3s2)c1. The third kappa shape index (κ3) is 4.92. The summed E-state index contributed by atoms with van der Waals surface area (Å²) in [6.07, 6.45) is 4.03. The topological polar surface area (TPSA) is 22.1 Å².